The number of anilines is 1. The number of ether oxygens (including phenoxy) is 1. The van der Waals surface area contributed by atoms with E-state index in [1.807, 2.05) is 17.1 Å². The van der Waals surface area contributed by atoms with Crippen molar-refractivity contribution in [3.05, 3.63) is 29.8 Å². The standard InChI is InChI=1S/C9H10N4O/c1-2-7(9-5-14-9)4-8(3-1)13-6-10-11-12-13/h1-4,6,9,11-12H,5H2/t9-/m0/s1. The number of nitrogens with zero attached hydrogens (tertiary/aromatic N) is 2. The van der Waals surface area contributed by atoms with Gasteiger partial charge in [0, 0.05) is 0 Å². The molecular formula is C9H10N4O. The van der Waals surface area contributed by atoms with E-state index < -0.39 is 0 Å². The smallest absolute Gasteiger partial charge is 0.133 e. The molecule has 5 nitrogen and oxygen atoms in total. The summed E-state index contributed by atoms with van der Waals surface area (Å²) in [6.07, 6.45) is 1.98. The number of rotatable bonds is 2. The second kappa shape index (κ2) is 2.97. The predicted octanol–water partition coefficient (Wildman–Crippen LogP) is 0.530. The summed E-state index contributed by atoms with van der Waals surface area (Å²) in [5.74, 6) is 0. The van der Waals surface area contributed by atoms with Gasteiger partial charge in [-0.1, -0.05) is 12.1 Å². The summed E-state index contributed by atoms with van der Waals surface area (Å²) in [7, 11) is 0. The van der Waals surface area contributed by atoms with E-state index >= 15 is 0 Å². The number of hydrazone groups is 1. The lowest BCUT2D eigenvalue weighted by atomic mass is 10.1. The van der Waals surface area contributed by atoms with Crippen molar-refractivity contribution in [1.29, 1.82) is 0 Å². The van der Waals surface area contributed by atoms with Crippen LogP contribution in [0.15, 0.2) is 29.4 Å². The van der Waals surface area contributed by atoms with E-state index in [0.29, 0.717) is 6.10 Å². The number of hydrogen-bond donors (Lipinski definition) is 2. The minimum Gasteiger partial charge on any atom is -0.368 e. The number of hydrogen-bond acceptors (Lipinski definition) is 5. The topological polar surface area (TPSA) is 52.2 Å². The van der Waals surface area contributed by atoms with Gasteiger partial charge in [-0.25, -0.2) is 10.5 Å². The van der Waals surface area contributed by atoms with Gasteiger partial charge < -0.3 is 4.74 Å². The van der Waals surface area contributed by atoms with E-state index in [1.165, 1.54) is 5.56 Å². The van der Waals surface area contributed by atoms with Crippen LogP contribution in [0.4, 0.5) is 5.69 Å². The van der Waals surface area contributed by atoms with Crippen LogP contribution in [0.25, 0.3) is 0 Å². The Morgan fingerprint density at radius 1 is 1.50 bits per heavy atom. The van der Waals surface area contributed by atoms with Crippen LogP contribution in [0.2, 0.25) is 0 Å². The molecule has 14 heavy (non-hydrogen) atoms. The van der Waals surface area contributed by atoms with Gasteiger partial charge in [-0.05, 0) is 17.7 Å². The molecule has 2 heterocycles. The van der Waals surface area contributed by atoms with E-state index in [1.54, 1.807) is 6.34 Å². The van der Waals surface area contributed by atoms with Crippen LogP contribution in [0.5, 0.6) is 0 Å². The van der Waals surface area contributed by atoms with Crippen molar-refractivity contribution < 1.29 is 4.74 Å². The van der Waals surface area contributed by atoms with E-state index in [2.05, 4.69) is 28.3 Å². The molecule has 5 heteroatoms. The maximum absolute atomic E-state index is 5.22. The van der Waals surface area contributed by atoms with Gasteiger partial charge in [0.1, 0.15) is 12.4 Å². The van der Waals surface area contributed by atoms with E-state index in [9.17, 15) is 0 Å². The van der Waals surface area contributed by atoms with E-state index in [-0.39, 0.29) is 0 Å². The summed E-state index contributed by atoms with van der Waals surface area (Å²) in [5, 5.41) is 5.65. The molecule has 0 aliphatic carbocycles. The monoisotopic (exact) mass is 190 g/mol. The molecule has 1 fully saturated rings. The summed E-state index contributed by atoms with van der Waals surface area (Å²) in [4.78, 5) is 0. The first-order valence-electron chi connectivity index (χ1n) is 4.48. The Bertz CT molecular complexity index is 375. The second-order valence-corrected chi connectivity index (χ2v) is 3.26. The van der Waals surface area contributed by atoms with Gasteiger partial charge in [0.2, 0.25) is 0 Å². The third kappa shape index (κ3) is 1.32. The molecule has 1 saturated heterocycles. The highest BCUT2D eigenvalue weighted by Crippen LogP contribution is 2.31. The van der Waals surface area contributed by atoms with Crippen LogP contribution >= 0.6 is 0 Å². The highest BCUT2D eigenvalue weighted by Gasteiger charge is 2.25. The van der Waals surface area contributed by atoms with Gasteiger partial charge in [-0.2, -0.15) is 5.10 Å². The number of nitrogens with one attached hydrogen (secondary N) is 2. The lowest BCUT2D eigenvalue weighted by Gasteiger charge is -2.13. The van der Waals surface area contributed by atoms with Crippen molar-refractivity contribution in [2.24, 2.45) is 5.10 Å². The lowest BCUT2D eigenvalue weighted by molar-refractivity contribution is 0.415. The largest absolute Gasteiger partial charge is 0.368 e. The summed E-state index contributed by atoms with van der Waals surface area (Å²) in [6.45, 7) is 0.837. The van der Waals surface area contributed by atoms with Gasteiger partial charge >= 0.3 is 0 Å². The van der Waals surface area contributed by atoms with E-state index in [0.717, 1.165) is 12.3 Å². The third-order valence-corrected chi connectivity index (χ3v) is 2.26. The maximum atomic E-state index is 5.22. The molecular weight excluding hydrogens is 180 g/mol. The molecule has 2 aliphatic heterocycles. The minimum absolute atomic E-state index is 0.294. The zero-order valence-corrected chi connectivity index (χ0v) is 7.47. The number of benzene rings is 1. The molecule has 0 radical (unpaired) electrons. The zero-order chi connectivity index (χ0) is 9.38. The summed E-state index contributed by atoms with van der Waals surface area (Å²) in [6, 6.07) is 8.18. The third-order valence-electron chi connectivity index (χ3n) is 2.26. The van der Waals surface area contributed by atoms with Crippen molar-refractivity contribution in [1.82, 2.24) is 11.1 Å². The Morgan fingerprint density at radius 3 is 3.14 bits per heavy atom. The first kappa shape index (κ1) is 7.78. The molecule has 0 saturated carbocycles. The summed E-state index contributed by atoms with van der Waals surface area (Å²) < 4.78 is 5.22. The molecule has 2 N–H and O–H groups in total. The lowest BCUT2D eigenvalue weighted by Crippen LogP contribution is -2.37. The number of epoxide rings is 1. The molecule has 0 amide bonds. The molecule has 1 aromatic rings. The molecule has 0 aromatic heterocycles. The number of hydrazine groups is 2. The highest BCUT2D eigenvalue weighted by atomic mass is 16.6. The van der Waals surface area contributed by atoms with Crippen LogP contribution in [0, 0.1) is 0 Å². The van der Waals surface area contributed by atoms with Crippen LogP contribution in [-0.2, 0) is 4.74 Å². The van der Waals surface area contributed by atoms with Crippen LogP contribution in [0.1, 0.15) is 11.7 Å². The van der Waals surface area contributed by atoms with Gasteiger partial charge in [0.05, 0.1) is 12.3 Å². The Labute approximate surface area is 81.3 Å². The van der Waals surface area contributed by atoms with Crippen molar-refractivity contribution in [3.8, 4) is 0 Å². The quantitative estimate of drug-likeness (QED) is 0.668. The second-order valence-electron chi connectivity index (χ2n) is 3.26. The fraction of sp³-hybridized carbons (Fsp3) is 0.222. The molecule has 72 valence electrons. The molecule has 1 atom stereocenters. The van der Waals surface area contributed by atoms with Crippen molar-refractivity contribution in [2.75, 3.05) is 11.6 Å². The average molecular weight is 190 g/mol. The predicted molar refractivity (Wildman–Crippen MR) is 52.4 cm³/mol. The molecule has 3 rings (SSSR count). The Kier molecular flexibility index (Phi) is 1.65. The Morgan fingerprint density at radius 2 is 2.43 bits per heavy atom. The summed E-state index contributed by atoms with van der Waals surface area (Å²) in [5.41, 5.74) is 7.79. The van der Waals surface area contributed by atoms with Crippen molar-refractivity contribution in [3.63, 3.8) is 0 Å². The SMILES string of the molecule is C1=NNNN1c1cccc([C@@H]2CO2)c1. The average Bonchev–Trinajstić information content (AvgIpc) is 2.94. The zero-order valence-electron chi connectivity index (χ0n) is 7.47. The molecule has 0 unspecified atom stereocenters. The molecule has 0 spiro atoms. The maximum Gasteiger partial charge on any atom is 0.133 e. The van der Waals surface area contributed by atoms with Crippen LogP contribution in [0.3, 0.4) is 0 Å². The van der Waals surface area contributed by atoms with Gasteiger partial charge in [-0.15, -0.1) is 5.53 Å². The van der Waals surface area contributed by atoms with Crippen LogP contribution < -0.4 is 16.1 Å². The minimum atomic E-state index is 0.294. The fourth-order valence-corrected chi connectivity index (χ4v) is 1.44. The van der Waals surface area contributed by atoms with E-state index in [4.69, 9.17) is 4.74 Å². The fourth-order valence-electron chi connectivity index (χ4n) is 1.44. The van der Waals surface area contributed by atoms with Crippen molar-refractivity contribution >= 4 is 12.0 Å². The van der Waals surface area contributed by atoms with Gasteiger partial charge in [0.25, 0.3) is 0 Å². The first-order valence-corrected chi connectivity index (χ1v) is 4.48. The van der Waals surface area contributed by atoms with Crippen molar-refractivity contribution in [2.45, 2.75) is 6.10 Å². The first-order chi connectivity index (χ1) is 6.93. The molecule has 0 bridgehead atoms. The summed E-state index contributed by atoms with van der Waals surface area (Å²) >= 11 is 0. The Balaban J connectivity index is 1.89. The molecule has 1 aromatic carbocycles. The normalized spacial score (nSPS) is 23.7. The van der Waals surface area contributed by atoms with Gasteiger partial charge in [0.15, 0.2) is 0 Å². The van der Waals surface area contributed by atoms with Crippen LogP contribution in [-0.4, -0.2) is 12.9 Å². The highest BCUT2D eigenvalue weighted by molar-refractivity contribution is 5.78. The molecule has 2 aliphatic rings. The Hall–Kier alpha value is -1.59. The van der Waals surface area contributed by atoms with Gasteiger partial charge in [-0.3, -0.25) is 0 Å².